The van der Waals surface area contributed by atoms with Crippen LogP contribution in [0.25, 0.3) is 11.0 Å². The maximum atomic E-state index is 12.7. The van der Waals surface area contributed by atoms with E-state index < -0.39 is 10.0 Å². The molecule has 2 rings (SSSR count). The van der Waals surface area contributed by atoms with Crippen molar-refractivity contribution in [3.63, 3.8) is 0 Å². The number of hydrogen-bond donors (Lipinski definition) is 1. The predicted molar refractivity (Wildman–Crippen MR) is 96.9 cm³/mol. The van der Waals surface area contributed by atoms with Crippen molar-refractivity contribution >= 4 is 27.0 Å². The van der Waals surface area contributed by atoms with Crippen molar-refractivity contribution in [1.29, 1.82) is 0 Å². The first-order chi connectivity index (χ1) is 12.3. The van der Waals surface area contributed by atoms with Gasteiger partial charge in [-0.15, -0.1) is 5.10 Å². The van der Waals surface area contributed by atoms with Gasteiger partial charge >= 0.3 is 0 Å². The van der Waals surface area contributed by atoms with Gasteiger partial charge in [0.2, 0.25) is 10.0 Å². The molecule has 144 valence electrons. The summed E-state index contributed by atoms with van der Waals surface area (Å²) in [5.41, 5.74) is 0.862. The molecule has 0 saturated heterocycles. The molecule has 1 N–H and O–H groups in total. The van der Waals surface area contributed by atoms with Gasteiger partial charge in [-0.25, -0.2) is 8.42 Å². The van der Waals surface area contributed by atoms with Crippen molar-refractivity contribution in [2.24, 2.45) is 5.92 Å². The fourth-order valence-electron chi connectivity index (χ4n) is 2.34. The summed E-state index contributed by atoms with van der Waals surface area (Å²) >= 11 is 0. The first-order valence-corrected chi connectivity index (χ1v) is 9.99. The third-order valence-electron chi connectivity index (χ3n) is 3.76. The summed E-state index contributed by atoms with van der Waals surface area (Å²) in [5, 5.41) is 10.5. The lowest BCUT2D eigenvalue weighted by Gasteiger charge is -2.18. The Bertz CT molecular complexity index is 859. The lowest BCUT2D eigenvalue weighted by Crippen LogP contribution is -2.34. The summed E-state index contributed by atoms with van der Waals surface area (Å²) in [6, 6.07) is 4.51. The molecule has 0 unspecified atom stereocenters. The summed E-state index contributed by atoms with van der Waals surface area (Å²) in [6.07, 6.45) is 0. The van der Waals surface area contributed by atoms with Crippen LogP contribution in [-0.4, -0.2) is 60.0 Å². The highest BCUT2D eigenvalue weighted by Crippen LogP contribution is 2.20. The summed E-state index contributed by atoms with van der Waals surface area (Å²) in [4.78, 5) is 18.3. The van der Waals surface area contributed by atoms with Gasteiger partial charge in [-0.2, -0.15) is 4.31 Å². The Morgan fingerprint density at radius 1 is 1.31 bits per heavy atom. The fourth-order valence-corrected chi connectivity index (χ4v) is 3.81. The van der Waals surface area contributed by atoms with E-state index in [0.717, 1.165) is 4.85 Å². The number of amides is 1. The van der Waals surface area contributed by atoms with E-state index in [2.05, 4.69) is 15.6 Å². The number of sulfonamides is 1. The van der Waals surface area contributed by atoms with Gasteiger partial charge in [0.25, 0.3) is 5.91 Å². The first kappa shape index (κ1) is 20.1. The molecule has 0 aliphatic rings. The van der Waals surface area contributed by atoms with E-state index in [9.17, 15) is 13.2 Å². The third-order valence-corrected chi connectivity index (χ3v) is 5.80. The molecule has 0 aliphatic carbocycles. The van der Waals surface area contributed by atoms with E-state index in [0.29, 0.717) is 36.6 Å². The topological polar surface area (TPSA) is 106 Å². The van der Waals surface area contributed by atoms with Crippen molar-refractivity contribution < 1.29 is 18.0 Å². The van der Waals surface area contributed by atoms with Crippen LogP contribution in [0.1, 0.15) is 27.7 Å². The molecule has 1 aromatic carbocycles. The molecular weight excluding hydrogens is 358 g/mol. The van der Waals surface area contributed by atoms with Crippen LogP contribution in [0.3, 0.4) is 0 Å². The Kier molecular flexibility index (Phi) is 6.54. The predicted octanol–water partition coefficient (Wildman–Crippen LogP) is 0.663. The van der Waals surface area contributed by atoms with Crippen molar-refractivity contribution in [3.05, 3.63) is 18.2 Å². The number of aromatic nitrogens is 3. The molecule has 1 heterocycles. The number of carbonyl (C=O) groups excluding carboxylic acids is 1. The minimum absolute atomic E-state index is 0.130. The Labute approximate surface area is 153 Å². The van der Waals surface area contributed by atoms with Gasteiger partial charge in [-0.3, -0.25) is 4.79 Å². The fraction of sp³-hybridized carbons (Fsp3) is 0.562. The van der Waals surface area contributed by atoms with Crippen molar-refractivity contribution in [2.45, 2.75) is 32.6 Å². The van der Waals surface area contributed by atoms with Gasteiger partial charge < -0.3 is 10.2 Å². The summed E-state index contributed by atoms with van der Waals surface area (Å²) in [7, 11) is -3.61. The highest BCUT2D eigenvalue weighted by atomic mass is 32.2. The smallest absolute Gasteiger partial charge is 0.260 e. The number of benzene rings is 1. The Morgan fingerprint density at radius 2 is 2.00 bits per heavy atom. The molecule has 0 bridgehead atoms. The van der Waals surface area contributed by atoms with Crippen molar-refractivity contribution in [3.8, 4) is 0 Å². The molecule has 26 heavy (non-hydrogen) atoms. The lowest BCUT2D eigenvalue weighted by molar-refractivity contribution is -0.126. The van der Waals surface area contributed by atoms with Crippen LogP contribution < -0.4 is 10.2 Å². The van der Waals surface area contributed by atoms with E-state index in [4.69, 9.17) is 4.84 Å². The second-order valence-electron chi connectivity index (χ2n) is 6.17. The molecule has 2 aromatic rings. The standard InChI is InChI=1S/C16H25N5O4S/c1-5-20(6-2)26(23,24)13-7-8-14-15(9-13)21(19-18-14)25-11-16(22)17-10-12(3)4/h7-9,12H,5-6,10-11H2,1-4H3,(H,17,22). The van der Waals surface area contributed by atoms with Crippen LogP contribution in [0.4, 0.5) is 0 Å². The quantitative estimate of drug-likeness (QED) is 0.682. The Hall–Kier alpha value is -2.20. The Balaban J connectivity index is 2.21. The maximum absolute atomic E-state index is 12.7. The lowest BCUT2D eigenvalue weighted by atomic mass is 10.2. The maximum Gasteiger partial charge on any atom is 0.260 e. The van der Waals surface area contributed by atoms with Crippen molar-refractivity contribution in [1.82, 2.24) is 24.8 Å². The minimum Gasteiger partial charge on any atom is -0.385 e. The molecule has 10 heteroatoms. The molecular formula is C16H25N5O4S. The van der Waals surface area contributed by atoms with Gasteiger partial charge in [0.15, 0.2) is 6.61 Å². The van der Waals surface area contributed by atoms with E-state index in [-0.39, 0.29) is 17.4 Å². The van der Waals surface area contributed by atoms with Crippen LogP contribution in [0, 0.1) is 5.92 Å². The zero-order chi connectivity index (χ0) is 19.3. The molecule has 0 saturated carbocycles. The summed E-state index contributed by atoms with van der Waals surface area (Å²) < 4.78 is 26.7. The van der Waals surface area contributed by atoms with E-state index >= 15 is 0 Å². The third kappa shape index (κ3) is 4.50. The van der Waals surface area contributed by atoms with Crippen LogP contribution >= 0.6 is 0 Å². The minimum atomic E-state index is -3.61. The number of fused-ring (bicyclic) bond motifs is 1. The number of hydrogen-bond acceptors (Lipinski definition) is 6. The van der Waals surface area contributed by atoms with Gasteiger partial charge in [0.1, 0.15) is 11.0 Å². The molecule has 0 atom stereocenters. The van der Waals surface area contributed by atoms with E-state index in [1.165, 1.54) is 16.4 Å². The number of nitrogens with one attached hydrogen (secondary N) is 1. The second kappa shape index (κ2) is 8.45. The summed E-state index contributed by atoms with van der Waals surface area (Å²) in [6.45, 7) is 8.61. The van der Waals surface area contributed by atoms with Crippen molar-refractivity contribution in [2.75, 3.05) is 26.2 Å². The van der Waals surface area contributed by atoms with Crippen LogP contribution in [-0.2, 0) is 14.8 Å². The molecule has 9 nitrogen and oxygen atoms in total. The normalized spacial score (nSPS) is 12.1. The number of rotatable bonds is 9. The average Bonchev–Trinajstić information content (AvgIpc) is 3.01. The molecule has 1 aromatic heterocycles. The van der Waals surface area contributed by atoms with Crippen LogP contribution in [0.15, 0.2) is 23.1 Å². The monoisotopic (exact) mass is 383 g/mol. The number of nitrogens with zero attached hydrogens (tertiary/aromatic N) is 4. The average molecular weight is 383 g/mol. The van der Waals surface area contributed by atoms with Gasteiger partial charge in [0.05, 0.1) is 4.90 Å². The second-order valence-corrected chi connectivity index (χ2v) is 8.11. The largest absolute Gasteiger partial charge is 0.385 e. The zero-order valence-electron chi connectivity index (χ0n) is 15.5. The highest BCUT2D eigenvalue weighted by Gasteiger charge is 2.23. The van der Waals surface area contributed by atoms with Crippen LogP contribution in [0.2, 0.25) is 0 Å². The molecule has 0 fully saturated rings. The Morgan fingerprint density at radius 3 is 2.62 bits per heavy atom. The van der Waals surface area contributed by atoms with Gasteiger partial charge in [0, 0.05) is 19.6 Å². The van der Waals surface area contributed by atoms with E-state index in [1.54, 1.807) is 19.9 Å². The molecule has 0 radical (unpaired) electrons. The molecule has 1 amide bonds. The van der Waals surface area contributed by atoms with Gasteiger partial charge in [-0.1, -0.05) is 32.5 Å². The van der Waals surface area contributed by atoms with E-state index in [1.807, 2.05) is 13.8 Å². The molecule has 0 aliphatic heterocycles. The zero-order valence-corrected chi connectivity index (χ0v) is 16.3. The highest BCUT2D eigenvalue weighted by molar-refractivity contribution is 7.89. The van der Waals surface area contributed by atoms with Gasteiger partial charge in [-0.05, 0) is 29.3 Å². The summed E-state index contributed by atoms with van der Waals surface area (Å²) in [5.74, 6) is 0.0493. The molecule has 0 spiro atoms. The van der Waals surface area contributed by atoms with Crippen LogP contribution in [0.5, 0.6) is 0 Å². The first-order valence-electron chi connectivity index (χ1n) is 8.55. The SMILES string of the molecule is CCN(CC)S(=O)(=O)c1ccc2nnn(OCC(=O)NCC(C)C)c2c1. The number of carbonyl (C=O) groups is 1.